The van der Waals surface area contributed by atoms with Gasteiger partial charge in [0.1, 0.15) is 17.0 Å². The molecule has 2 heterocycles. The molecule has 0 radical (unpaired) electrons. The number of H-pyrrole nitrogens is 1. The van der Waals surface area contributed by atoms with E-state index in [2.05, 4.69) is 36.1 Å². The number of rotatable bonds is 8. The van der Waals surface area contributed by atoms with Crippen LogP contribution < -0.4 is 20.7 Å². The summed E-state index contributed by atoms with van der Waals surface area (Å²) in [6, 6.07) is 7.24. The molecule has 0 spiro atoms. The Hall–Kier alpha value is -3.41. The average molecular weight is 431 g/mol. The molecule has 1 aliphatic rings. The van der Waals surface area contributed by atoms with Gasteiger partial charge in [0.25, 0.3) is 5.91 Å². The number of fused-ring (bicyclic) bond motifs is 1. The van der Waals surface area contributed by atoms with Crippen LogP contribution in [0, 0.1) is 0 Å². The quantitative estimate of drug-likeness (QED) is 0.412. The molecule has 0 unspecified atom stereocenters. The highest BCUT2D eigenvalue weighted by molar-refractivity contribution is 7.90. The number of aromatic amines is 1. The highest BCUT2D eigenvalue weighted by atomic mass is 32.2. The van der Waals surface area contributed by atoms with Crippen molar-refractivity contribution in [2.75, 3.05) is 30.5 Å². The number of nitrogens with one attached hydrogen (secondary N) is 4. The Labute approximate surface area is 172 Å². The Morgan fingerprint density at radius 1 is 1.30 bits per heavy atom. The molecule has 1 fully saturated rings. The third-order valence-electron chi connectivity index (χ3n) is 4.41. The van der Waals surface area contributed by atoms with E-state index in [9.17, 15) is 13.2 Å². The fraction of sp³-hybridized carbons (Fsp3) is 0.333. The predicted molar refractivity (Wildman–Crippen MR) is 111 cm³/mol. The zero-order chi connectivity index (χ0) is 21.3. The molecule has 2 aromatic heterocycles. The van der Waals surface area contributed by atoms with Crippen LogP contribution >= 0.6 is 0 Å². The fourth-order valence-corrected chi connectivity index (χ4v) is 3.53. The number of ether oxygens (including phenoxy) is 1. The second kappa shape index (κ2) is 7.78. The van der Waals surface area contributed by atoms with Crippen LogP contribution in [0.2, 0.25) is 0 Å². The van der Waals surface area contributed by atoms with Gasteiger partial charge in [0.15, 0.2) is 27.1 Å². The molecular formula is C18H21N7O4S. The Morgan fingerprint density at radius 2 is 2.10 bits per heavy atom. The highest BCUT2D eigenvalue weighted by Crippen LogP contribution is 2.32. The van der Waals surface area contributed by atoms with Crippen molar-refractivity contribution in [3.8, 4) is 5.75 Å². The van der Waals surface area contributed by atoms with Gasteiger partial charge in [0.2, 0.25) is 5.95 Å². The van der Waals surface area contributed by atoms with Gasteiger partial charge in [-0.1, -0.05) is 6.07 Å². The summed E-state index contributed by atoms with van der Waals surface area (Å²) in [5.41, 5.74) is 0.878. The van der Waals surface area contributed by atoms with Gasteiger partial charge >= 0.3 is 0 Å². The summed E-state index contributed by atoms with van der Waals surface area (Å²) >= 11 is 0. The lowest BCUT2D eigenvalue weighted by molar-refractivity contribution is -0.122. The molecule has 0 atom stereocenters. The second-order valence-electron chi connectivity index (χ2n) is 6.95. The van der Waals surface area contributed by atoms with Crippen molar-refractivity contribution in [2.24, 2.45) is 0 Å². The van der Waals surface area contributed by atoms with Gasteiger partial charge in [0.05, 0.1) is 0 Å². The number of sulfone groups is 1. The minimum absolute atomic E-state index is 0.0169. The van der Waals surface area contributed by atoms with Crippen LogP contribution in [0.5, 0.6) is 5.75 Å². The molecule has 12 heteroatoms. The number of hydrogen-bond donors (Lipinski definition) is 4. The molecule has 4 rings (SSSR count). The lowest BCUT2D eigenvalue weighted by atomic mass is 10.3. The summed E-state index contributed by atoms with van der Waals surface area (Å²) in [7, 11) is -1.99. The summed E-state index contributed by atoms with van der Waals surface area (Å²) in [5.74, 6) is 0.921. The fourth-order valence-electron chi connectivity index (χ4n) is 2.76. The normalized spacial score (nSPS) is 13.8. The third-order valence-corrected chi connectivity index (χ3v) is 5.45. The average Bonchev–Trinajstić information content (AvgIpc) is 3.40. The minimum Gasteiger partial charge on any atom is -0.484 e. The van der Waals surface area contributed by atoms with Crippen LogP contribution in [-0.2, 0) is 14.6 Å². The summed E-state index contributed by atoms with van der Waals surface area (Å²) in [5, 5.41) is 15.7. The molecular weight excluding hydrogens is 410 g/mol. The van der Waals surface area contributed by atoms with Crippen LogP contribution in [0.3, 0.4) is 0 Å². The number of aromatic nitrogens is 4. The monoisotopic (exact) mass is 431 g/mol. The first-order valence-corrected chi connectivity index (χ1v) is 11.2. The SMILES string of the molecule is CNC(=O)COc1cccc(Nc2nc(NC3CC3)c3c(S(C)(=O)=O)[nH]nc3n2)c1. The van der Waals surface area contributed by atoms with Crippen molar-refractivity contribution in [1.29, 1.82) is 0 Å². The van der Waals surface area contributed by atoms with Crippen LogP contribution in [0.25, 0.3) is 11.0 Å². The first-order chi connectivity index (χ1) is 14.3. The molecule has 1 saturated carbocycles. The number of anilines is 3. The summed E-state index contributed by atoms with van der Waals surface area (Å²) in [6.45, 7) is -0.0978. The number of amides is 1. The van der Waals surface area contributed by atoms with Gasteiger partial charge in [-0.3, -0.25) is 9.89 Å². The van der Waals surface area contributed by atoms with Crippen molar-refractivity contribution < 1.29 is 17.9 Å². The van der Waals surface area contributed by atoms with E-state index in [1.807, 2.05) is 0 Å². The van der Waals surface area contributed by atoms with E-state index in [0.29, 0.717) is 22.6 Å². The summed E-state index contributed by atoms with van der Waals surface area (Å²) in [6.07, 6.45) is 3.09. The maximum atomic E-state index is 12.1. The lowest BCUT2D eigenvalue weighted by Crippen LogP contribution is -2.24. The van der Waals surface area contributed by atoms with E-state index < -0.39 is 9.84 Å². The van der Waals surface area contributed by atoms with Crippen LogP contribution in [0.15, 0.2) is 29.3 Å². The number of likely N-dealkylation sites (N-methyl/N-ethyl adjacent to an activating group) is 1. The van der Waals surface area contributed by atoms with E-state index in [1.165, 1.54) is 7.05 Å². The lowest BCUT2D eigenvalue weighted by Gasteiger charge is -2.11. The molecule has 4 N–H and O–H groups in total. The van der Waals surface area contributed by atoms with Crippen molar-refractivity contribution in [1.82, 2.24) is 25.5 Å². The van der Waals surface area contributed by atoms with E-state index in [-0.39, 0.29) is 35.2 Å². The van der Waals surface area contributed by atoms with Gasteiger partial charge in [0, 0.05) is 31.1 Å². The highest BCUT2D eigenvalue weighted by Gasteiger charge is 2.27. The standard InChI is InChI=1S/C18H21N7O4S/c1-19-13(26)9-29-12-5-3-4-11(8-12)21-18-22-15(20-10-6-7-10)14-16(23-18)24-25-17(14)30(2,27)28/h3-5,8,10H,6-7,9H2,1-2H3,(H,19,26)(H3,20,21,22,23,24,25). The maximum absolute atomic E-state index is 12.1. The molecule has 1 amide bonds. The summed E-state index contributed by atoms with van der Waals surface area (Å²) in [4.78, 5) is 20.2. The van der Waals surface area contributed by atoms with Crippen molar-refractivity contribution in [2.45, 2.75) is 23.9 Å². The number of benzene rings is 1. The van der Waals surface area contributed by atoms with Crippen molar-refractivity contribution in [3.05, 3.63) is 24.3 Å². The number of nitrogens with zero attached hydrogens (tertiary/aromatic N) is 3. The van der Waals surface area contributed by atoms with Gasteiger partial charge in [-0.2, -0.15) is 15.1 Å². The van der Waals surface area contributed by atoms with Crippen LogP contribution in [0.1, 0.15) is 12.8 Å². The molecule has 3 aromatic rings. The number of hydrogen-bond acceptors (Lipinski definition) is 9. The Morgan fingerprint density at radius 3 is 2.80 bits per heavy atom. The first kappa shape index (κ1) is 19.9. The maximum Gasteiger partial charge on any atom is 0.257 e. The predicted octanol–water partition coefficient (Wildman–Crippen LogP) is 1.20. The molecule has 30 heavy (non-hydrogen) atoms. The van der Waals surface area contributed by atoms with Crippen LogP contribution in [0.4, 0.5) is 17.5 Å². The van der Waals surface area contributed by atoms with Gasteiger partial charge in [-0.15, -0.1) is 0 Å². The Kier molecular flexibility index (Phi) is 5.16. The molecule has 0 bridgehead atoms. The van der Waals surface area contributed by atoms with Crippen molar-refractivity contribution in [3.63, 3.8) is 0 Å². The van der Waals surface area contributed by atoms with Gasteiger partial charge in [-0.25, -0.2) is 8.42 Å². The zero-order valence-electron chi connectivity index (χ0n) is 16.4. The molecule has 158 valence electrons. The number of carbonyl (C=O) groups excluding carboxylic acids is 1. The van der Waals surface area contributed by atoms with Gasteiger partial charge in [-0.05, 0) is 25.0 Å². The largest absolute Gasteiger partial charge is 0.484 e. The molecule has 1 aliphatic carbocycles. The molecule has 0 aliphatic heterocycles. The second-order valence-corrected chi connectivity index (χ2v) is 8.91. The first-order valence-electron chi connectivity index (χ1n) is 9.26. The van der Waals surface area contributed by atoms with E-state index >= 15 is 0 Å². The smallest absolute Gasteiger partial charge is 0.257 e. The minimum atomic E-state index is -3.52. The zero-order valence-corrected chi connectivity index (χ0v) is 17.2. The molecule has 0 saturated heterocycles. The van der Waals surface area contributed by atoms with E-state index in [4.69, 9.17) is 4.74 Å². The van der Waals surface area contributed by atoms with Crippen LogP contribution in [-0.4, -0.2) is 60.4 Å². The summed E-state index contributed by atoms with van der Waals surface area (Å²) < 4.78 is 29.6. The Balaban J connectivity index is 1.64. The van der Waals surface area contributed by atoms with E-state index in [0.717, 1.165) is 19.1 Å². The molecule has 11 nitrogen and oxygen atoms in total. The van der Waals surface area contributed by atoms with Crippen molar-refractivity contribution >= 4 is 44.2 Å². The Bertz CT molecular complexity index is 1200. The molecule has 1 aromatic carbocycles. The van der Waals surface area contributed by atoms with Gasteiger partial charge < -0.3 is 20.7 Å². The topological polar surface area (TPSA) is 151 Å². The number of carbonyl (C=O) groups is 1. The van der Waals surface area contributed by atoms with E-state index in [1.54, 1.807) is 24.3 Å². The third kappa shape index (κ3) is 4.43.